The molecule has 98 valence electrons. The van der Waals surface area contributed by atoms with E-state index in [4.69, 9.17) is 0 Å². The first-order valence-corrected chi connectivity index (χ1v) is 7.36. The fourth-order valence-electron chi connectivity index (χ4n) is 1.34. The molecule has 0 saturated heterocycles. The van der Waals surface area contributed by atoms with Gasteiger partial charge in [0.15, 0.2) is 0 Å². The Bertz CT molecular complexity index is 465. The molecule has 1 atom stereocenters. The minimum atomic E-state index is -0.549. The lowest BCUT2D eigenvalue weighted by atomic mass is 10.2. The molecule has 1 unspecified atom stereocenters. The Balaban J connectivity index is 2.76. The Kier molecular flexibility index (Phi) is 6.07. The summed E-state index contributed by atoms with van der Waals surface area (Å²) in [6, 6.07) is 4.90. The molecule has 0 saturated carbocycles. The lowest BCUT2D eigenvalue weighted by Gasteiger charge is -2.14. The molecule has 18 heavy (non-hydrogen) atoms. The van der Waals surface area contributed by atoms with Crippen LogP contribution in [0.15, 0.2) is 22.7 Å². The maximum absolute atomic E-state index is 12.0. The van der Waals surface area contributed by atoms with Crippen LogP contribution in [0.4, 0.5) is 0 Å². The van der Waals surface area contributed by atoms with Gasteiger partial charge in [0.25, 0.3) is 5.91 Å². The maximum atomic E-state index is 12.0. The molecular formula is C12H14BrIN2O2. The number of amides is 2. The zero-order valence-electron chi connectivity index (χ0n) is 10.1. The number of rotatable bonds is 4. The van der Waals surface area contributed by atoms with Crippen molar-refractivity contribution < 1.29 is 9.59 Å². The smallest absolute Gasteiger partial charge is 0.253 e. The van der Waals surface area contributed by atoms with Crippen LogP contribution >= 0.6 is 38.5 Å². The quantitative estimate of drug-likeness (QED) is 0.728. The third kappa shape index (κ3) is 4.24. The molecular weight excluding hydrogens is 411 g/mol. The normalized spacial score (nSPS) is 11.8. The molecule has 0 aliphatic heterocycles. The van der Waals surface area contributed by atoms with E-state index in [1.807, 2.05) is 19.1 Å². The van der Waals surface area contributed by atoms with Crippen molar-refractivity contribution >= 4 is 50.3 Å². The molecule has 6 heteroatoms. The van der Waals surface area contributed by atoms with Crippen LogP contribution in [0.25, 0.3) is 0 Å². The van der Waals surface area contributed by atoms with Gasteiger partial charge in [-0.15, -0.1) is 0 Å². The van der Waals surface area contributed by atoms with E-state index in [1.165, 1.54) is 0 Å². The Labute approximate surface area is 128 Å². The predicted molar refractivity (Wildman–Crippen MR) is 82.5 cm³/mol. The number of benzene rings is 1. The highest BCUT2D eigenvalue weighted by Gasteiger charge is 2.17. The second-order valence-electron chi connectivity index (χ2n) is 3.71. The molecule has 0 bridgehead atoms. The summed E-state index contributed by atoms with van der Waals surface area (Å²) in [5.41, 5.74) is 0.557. The molecule has 0 heterocycles. The summed E-state index contributed by atoms with van der Waals surface area (Å²) < 4.78 is 1.68. The van der Waals surface area contributed by atoms with Gasteiger partial charge >= 0.3 is 0 Å². The van der Waals surface area contributed by atoms with Crippen molar-refractivity contribution in [3.63, 3.8) is 0 Å². The zero-order chi connectivity index (χ0) is 13.7. The standard InChI is InChI=1S/C12H14BrIN2O2/c1-3-15-11(17)7(2)16-12(18)9-6-8(13)4-5-10(9)14/h4-7H,3H2,1-2H3,(H,15,17)(H,16,18). The van der Waals surface area contributed by atoms with Crippen LogP contribution in [0.2, 0.25) is 0 Å². The molecule has 0 radical (unpaired) electrons. The lowest BCUT2D eigenvalue weighted by molar-refractivity contribution is -0.122. The monoisotopic (exact) mass is 424 g/mol. The van der Waals surface area contributed by atoms with Gasteiger partial charge in [0.2, 0.25) is 5.91 Å². The van der Waals surface area contributed by atoms with Gasteiger partial charge in [0.1, 0.15) is 6.04 Å². The van der Waals surface area contributed by atoms with Crippen LogP contribution in [-0.4, -0.2) is 24.4 Å². The Morgan fingerprint density at radius 3 is 2.72 bits per heavy atom. The fraction of sp³-hybridized carbons (Fsp3) is 0.333. The van der Waals surface area contributed by atoms with E-state index in [0.29, 0.717) is 12.1 Å². The molecule has 0 aromatic heterocycles. The van der Waals surface area contributed by atoms with Gasteiger partial charge in [-0.1, -0.05) is 15.9 Å². The number of carbonyl (C=O) groups is 2. The van der Waals surface area contributed by atoms with E-state index in [9.17, 15) is 9.59 Å². The van der Waals surface area contributed by atoms with E-state index >= 15 is 0 Å². The highest BCUT2D eigenvalue weighted by atomic mass is 127. The van der Waals surface area contributed by atoms with Crippen molar-refractivity contribution in [2.75, 3.05) is 6.54 Å². The van der Waals surface area contributed by atoms with Crippen molar-refractivity contribution in [2.45, 2.75) is 19.9 Å². The minimum Gasteiger partial charge on any atom is -0.355 e. The predicted octanol–water partition coefficient (Wildman–Crippen LogP) is 2.31. The van der Waals surface area contributed by atoms with Gasteiger partial charge in [-0.25, -0.2) is 0 Å². The Morgan fingerprint density at radius 2 is 2.11 bits per heavy atom. The number of likely N-dealkylation sites (N-methyl/N-ethyl adjacent to an activating group) is 1. The number of hydrogen-bond acceptors (Lipinski definition) is 2. The molecule has 2 N–H and O–H groups in total. The summed E-state index contributed by atoms with van der Waals surface area (Å²) in [7, 11) is 0. The van der Waals surface area contributed by atoms with Gasteiger partial charge in [0.05, 0.1) is 5.56 Å². The fourth-order valence-corrected chi connectivity index (χ4v) is 2.28. The van der Waals surface area contributed by atoms with Gasteiger partial charge in [-0.3, -0.25) is 9.59 Å². The molecule has 1 aromatic carbocycles. The Hall–Kier alpha value is -0.630. The van der Waals surface area contributed by atoms with Crippen LogP contribution < -0.4 is 10.6 Å². The second kappa shape index (κ2) is 7.08. The number of halogens is 2. The molecule has 0 spiro atoms. The minimum absolute atomic E-state index is 0.184. The van der Waals surface area contributed by atoms with E-state index in [-0.39, 0.29) is 11.8 Å². The number of nitrogens with one attached hydrogen (secondary N) is 2. The summed E-state index contributed by atoms with van der Waals surface area (Å²) >= 11 is 5.41. The average molecular weight is 425 g/mol. The highest BCUT2D eigenvalue weighted by Crippen LogP contribution is 2.18. The summed E-state index contributed by atoms with van der Waals surface area (Å²) in [6.45, 7) is 4.05. The molecule has 1 aromatic rings. The van der Waals surface area contributed by atoms with Crippen LogP contribution in [-0.2, 0) is 4.79 Å². The van der Waals surface area contributed by atoms with Crippen molar-refractivity contribution in [1.82, 2.24) is 10.6 Å². The van der Waals surface area contributed by atoms with Crippen molar-refractivity contribution in [1.29, 1.82) is 0 Å². The third-order valence-electron chi connectivity index (χ3n) is 2.26. The van der Waals surface area contributed by atoms with Crippen LogP contribution in [0.5, 0.6) is 0 Å². The summed E-state index contributed by atoms with van der Waals surface area (Å²) in [6.07, 6.45) is 0. The second-order valence-corrected chi connectivity index (χ2v) is 5.79. The maximum Gasteiger partial charge on any atom is 0.253 e. The molecule has 0 aliphatic rings. The van der Waals surface area contributed by atoms with Gasteiger partial charge in [-0.05, 0) is 54.6 Å². The zero-order valence-corrected chi connectivity index (χ0v) is 13.8. The van der Waals surface area contributed by atoms with Crippen molar-refractivity contribution in [3.8, 4) is 0 Å². The molecule has 0 fully saturated rings. The summed E-state index contributed by atoms with van der Waals surface area (Å²) in [4.78, 5) is 23.5. The van der Waals surface area contributed by atoms with Crippen molar-refractivity contribution in [3.05, 3.63) is 31.8 Å². The first-order chi connectivity index (χ1) is 8.45. The molecule has 1 rings (SSSR count). The van der Waals surface area contributed by atoms with Crippen LogP contribution in [0.1, 0.15) is 24.2 Å². The summed E-state index contributed by atoms with van der Waals surface area (Å²) in [5.74, 6) is -0.435. The van der Waals surface area contributed by atoms with E-state index in [2.05, 4.69) is 49.2 Å². The largest absolute Gasteiger partial charge is 0.355 e. The molecule has 0 aliphatic carbocycles. The van der Waals surface area contributed by atoms with E-state index in [1.54, 1.807) is 13.0 Å². The van der Waals surface area contributed by atoms with Crippen LogP contribution in [0, 0.1) is 3.57 Å². The van der Waals surface area contributed by atoms with Crippen molar-refractivity contribution in [2.24, 2.45) is 0 Å². The van der Waals surface area contributed by atoms with E-state index in [0.717, 1.165) is 8.04 Å². The van der Waals surface area contributed by atoms with E-state index < -0.39 is 6.04 Å². The highest BCUT2D eigenvalue weighted by molar-refractivity contribution is 14.1. The van der Waals surface area contributed by atoms with Crippen LogP contribution in [0.3, 0.4) is 0 Å². The third-order valence-corrected chi connectivity index (χ3v) is 3.70. The van der Waals surface area contributed by atoms with Gasteiger partial charge in [-0.2, -0.15) is 0 Å². The first-order valence-electron chi connectivity index (χ1n) is 5.49. The molecule has 2 amide bonds. The lowest BCUT2D eigenvalue weighted by Crippen LogP contribution is -2.44. The first kappa shape index (κ1) is 15.4. The summed E-state index contributed by atoms with van der Waals surface area (Å²) in [5, 5.41) is 5.34. The number of hydrogen-bond donors (Lipinski definition) is 2. The van der Waals surface area contributed by atoms with Gasteiger partial charge in [0, 0.05) is 14.6 Å². The molecule has 4 nitrogen and oxygen atoms in total. The SMILES string of the molecule is CCNC(=O)C(C)NC(=O)c1cc(Br)ccc1I. The number of carbonyl (C=O) groups excluding carboxylic acids is 2. The van der Waals surface area contributed by atoms with Gasteiger partial charge < -0.3 is 10.6 Å². The Morgan fingerprint density at radius 1 is 1.44 bits per heavy atom. The topological polar surface area (TPSA) is 58.2 Å². The average Bonchev–Trinajstić information content (AvgIpc) is 2.32.